The molecule has 0 aliphatic heterocycles. The number of carbonyl (C=O) groups excluding carboxylic acids is 1. The highest BCUT2D eigenvalue weighted by Gasteiger charge is 2.20. The molecule has 1 atom stereocenters. The van der Waals surface area contributed by atoms with Crippen molar-refractivity contribution in [1.29, 1.82) is 0 Å². The number of carboxylic acids is 1. The molecule has 1 aromatic heterocycles. The Labute approximate surface area is 117 Å². The van der Waals surface area contributed by atoms with E-state index >= 15 is 0 Å². The van der Waals surface area contributed by atoms with Gasteiger partial charge in [0.15, 0.2) is 0 Å². The largest absolute Gasteiger partial charge is 0.478 e. The second-order valence-electron chi connectivity index (χ2n) is 4.81. The summed E-state index contributed by atoms with van der Waals surface area (Å²) >= 11 is 1.36. The van der Waals surface area contributed by atoms with E-state index < -0.39 is 5.97 Å². The van der Waals surface area contributed by atoms with Gasteiger partial charge in [-0.25, -0.2) is 4.79 Å². The van der Waals surface area contributed by atoms with Crippen LogP contribution in [0.15, 0.2) is 17.5 Å². The van der Waals surface area contributed by atoms with Gasteiger partial charge in [-0.2, -0.15) is 0 Å². The van der Waals surface area contributed by atoms with Crippen LogP contribution < -0.4 is 0 Å². The Morgan fingerprint density at radius 3 is 2.53 bits per heavy atom. The van der Waals surface area contributed by atoms with Crippen LogP contribution in [0.3, 0.4) is 0 Å². The number of hydrogen-bond acceptors (Lipinski definition) is 3. The molecule has 1 rings (SSSR count). The molecule has 4 nitrogen and oxygen atoms in total. The van der Waals surface area contributed by atoms with E-state index in [2.05, 4.69) is 13.8 Å². The van der Waals surface area contributed by atoms with Crippen LogP contribution in [0, 0.1) is 5.92 Å². The molecule has 0 aromatic carbocycles. The predicted molar refractivity (Wildman–Crippen MR) is 77.4 cm³/mol. The maximum Gasteiger partial charge on any atom is 0.328 e. The quantitative estimate of drug-likeness (QED) is 0.844. The first-order valence-electron chi connectivity index (χ1n) is 6.09. The lowest BCUT2D eigenvalue weighted by atomic mass is 10.0. The molecular weight excluding hydrogens is 262 g/mol. The normalized spacial score (nSPS) is 12.9. The minimum Gasteiger partial charge on any atom is -0.478 e. The first-order valence-corrected chi connectivity index (χ1v) is 6.97. The van der Waals surface area contributed by atoms with Gasteiger partial charge in [-0.1, -0.05) is 13.8 Å². The van der Waals surface area contributed by atoms with Gasteiger partial charge in [0.25, 0.3) is 5.91 Å². The maximum absolute atomic E-state index is 12.2. The number of nitrogens with zero attached hydrogens (tertiary/aromatic N) is 1. The van der Waals surface area contributed by atoms with Gasteiger partial charge < -0.3 is 10.0 Å². The molecular formula is C14H19NO3S. The van der Waals surface area contributed by atoms with Crippen LogP contribution in [0.25, 0.3) is 6.08 Å². The summed E-state index contributed by atoms with van der Waals surface area (Å²) in [4.78, 5) is 25.1. The van der Waals surface area contributed by atoms with Crippen molar-refractivity contribution in [3.8, 4) is 0 Å². The lowest BCUT2D eigenvalue weighted by Crippen LogP contribution is -2.38. The van der Waals surface area contributed by atoms with Gasteiger partial charge in [-0.15, -0.1) is 11.3 Å². The highest BCUT2D eigenvalue weighted by atomic mass is 32.1. The van der Waals surface area contributed by atoms with Gasteiger partial charge in [0, 0.05) is 29.4 Å². The summed E-state index contributed by atoms with van der Waals surface area (Å²) in [5.74, 6) is -0.641. The fourth-order valence-corrected chi connectivity index (χ4v) is 2.32. The van der Waals surface area contributed by atoms with Crippen molar-refractivity contribution < 1.29 is 14.7 Å². The number of amides is 1. The molecule has 1 amide bonds. The van der Waals surface area contributed by atoms with Crippen LogP contribution in [-0.4, -0.2) is 35.0 Å². The summed E-state index contributed by atoms with van der Waals surface area (Å²) in [5, 5.41) is 10.3. The molecule has 0 bridgehead atoms. The monoisotopic (exact) mass is 281 g/mol. The number of aliphatic carboxylic acids is 1. The highest BCUT2D eigenvalue weighted by Crippen LogP contribution is 2.19. The zero-order chi connectivity index (χ0) is 14.6. The van der Waals surface area contributed by atoms with Crippen molar-refractivity contribution in [1.82, 2.24) is 4.90 Å². The average molecular weight is 281 g/mol. The summed E-state index contributed by atoms with van der Waals surface area (Å²) in [7, 11) is 1.79. The fourth-order valence-electron chi connectivity index (χ4n) is 1.54. The lowest BCUT2D eigenvalue weighted by Gasteiger charge is -2.27. The third kappa shape index (κ3) is 4.21. The van der Waals surface area contributed by atoms with E-state index in [4.69, 9.17) is 5.11 Å². The average Bonchev–Trinajstić information content (AvgIpc) is 2.82. The molecule has 1 unspecified atom stereocenters. The Bertz CT molecular complexity index is 491. The van der Waals surface area contributed by atoms with E-state index in [-0.39, 0.29) is 11.9 Å². The van der Waals surface area contributed by atoms with Crippen molar-refractivity contribution in [2.75, 3.05) is 7.05 Å². The summed E-state index contributed by atoms with van der Waals surface area (Å²) < 4.78 is 0. The zero-order valence-corrected chi connectivity index (χ0v) is 12.4. The minimum absolute atomic E-state index is 0.0348. The topological polar surface area (TPSA) is 57.6 Å². The molecule has 1 N–H and O–H groups in total. The molecule has 0 aliphatic carbocycles. The van der Waals surface area contributed by atoms with Gasteiger partial charge in [0.1, 0.15) is 0 Å². The third-order valence-electron chi connectivity index (χ3n) is 3.15. The molecule has 0 aliphatic rings. The van der Waals surface area contributed by atoms with Crippen molar-refractivity contribution >= 4 is 29.3 Å². The number of carboxylic acid groups (broad SMARTS) is 1. The molecule has 0 spiro atoms. The van der Waals surface area contributed by atoms with Gasteiger partial charge in [0.05, 0.1) is 5.56 Å². The molecule has 104 valence electrons. The first kappa shape index (κ1) is 15.4. The van der Waals surface area contributed by atoms with Crippen molar-refractivity contribution in [3.63, 3.8) is 0 Å². The Morgan fingerprint density at radius 2 is 2.00 bits per heavy atom. The Hall–Kier alpha value is -1.62. The Kier molecular flexibility index (Phi) is 5.30. The Morgan fingerprint density at radius 1 is 1.37 bits per heavy atom. The summed E-state index contributed by atoms with van der Waals surface area (Å²) in [6, 6.07) is 1.88. The van der Waals surface area contributed by atoms with Crippen molar-refractivity contribution in [2.45, 2.75) is 26.8 Å². The van der Waals surface area contributed by atoms with E-state index in [1.807, 2.05) is 6.92 Å². The lowest BCUT2D eigenvalue weighted by molar-refractivity contribution is -0.131. The van der Waals surface area contributed by atoms with E-state index in [0.717, 1.165) is 11.0 Å². The standard InChI is InChI=1S/C14H19NO3S/c1-9(2)10(3)15(4)14(18)11-7-12(19-8-11)5-6-13(16)17/h5-10H,1-4H3,(H,16,17). The molecule has 5 heteroatoms. The zero-order valence-electron chi connectivity index (χ0n) is 11.6. The number of hydrogen-bond donors (Lipinski definition) is 1. The second kappa shape index (κ2) is 6.52. The van der Waals surface area contributed by atoms with E-state index in [1.165, 1.54) is 17.4 Å². The molecule has 19 heavy (non-hydrogen) atoms. The van der Waals surface area contributed by atoms with Gasteiger partial charge >= 0.3 is 5.97 Å². The van der Waals surface area contributed by atoms with Crippen LogP contribution in [0.4, 0.5) is 0 Å². The third-order valence-corrected chi connectivity index (χ3v) is 4.05. The van der Waals surface area contributed by atoms with Crippen LogP contribution in [0.5, 0.6) is 0 Å². The smallest absolute Gasteiger partial charge is 0.328 e. The molecule has 0 saturated heterocycles. The van der Waals surface area contributed by atoms with Gasteiger partial charge in [-0.3, -0.25) is 4.79 Å². The van der Waals surface area contributed by atoms with E-state index in [9.17, 15) is 9.59 Å². The number of thiophene rings is 1. The first-order chi connectivity index (χ1) is 8.82. The summed E-state index contributed by atoms with van der Waals surface area (Å²) in [6.45, 7) is 6.16. The van der Waals surface area contributed by atoms with Crippen LogP contribution in [0.1, 0.15) is 36.0 Å². The second-order valence-corrected chi connectivity index (χ2v) is 5.75. The van der Waals surface area contributed by atoms with Crippen molar-refractivity contribution in [3.05, 3.63) is 28.0 Å². The number of rotatable bonds is 5. The van der Waals surface area contributed by atoms with Gasteiger partial charge in [0.2, 0.25) is 0 Å². The molecule has 1 heterocycles. The van der Waals surface area contributed by atoms with E-state index in [1.54, 1.807) is 23.4 Å². The maximum atomic E-state index is 12.2. The molecule has 1 aromatic rings. The van der Waals surface area contributed by atoms with E-state index in [0.29, 0.717) is 11.5 Å². The fraction of sp³-hybridized carbons (Fsp3) is 0.429. The molecule has 0 fully saturated rings. The van der Waals surface area contributed by atoms with Crippen LogP contribution >= 0.6 is 11.3 Å². The van der Waals surface area contributed by atoms with Crippen LogP contribution in [-0.2, 0) is 4.79 Å². The molecule has 0 radical (unpaired) electrons. The number of carbonyl (C=O) groups is 2. The SMILES string of the molecule is CC(C)C(C)N(C)C(=O)c1csc(C=CC(=O)O)c1. The Balaban J connectivity index is 2.81. The van der Waals surface area contributed by atoms with Gasteiger partial charge in [-0.05, 0) is 25.0 Å². The minimum atomic E-state index is -0.994. The van der Waals surface area contributed by atoms with Crippen molar-refractivity contribution in [2.24, 2.45) is 5.92 Å². The predicted octanol–water partition coefficient (Wildman–Crippen LogP) is 2.96. The molecule has 0 saturated carbocycles. The van der Waals surface area contributed by atoms with Crippen LogP contribution in [0.2, 0.25) is 0 Å². The highest BCUT2D eigenvalue weighted by molar-refractivity contribution is 7.11. The summed E-state index contributed by atoms with van der Waals surface area (Å²) in [6.07, 6.45) is 2.57. The summed E-state index contributed by atoms with van der Waals surface area (Å²) in [5.41, 5.74) is 0.602.